The molecule has 3 aromatic carbocycles. The maximum Gasteiger partial charge on any atom is 0.264 e. The molecule has 1 atom stereocenters. The predicted octanol–water partition coefficient (Wildman–Crippen LogP) is 4.27. The molecule has 7 nitrogen and oxygen atoms in total. The largest absolute Gasteiger partial charge is 0.354 e. The molecule has 3 aromatic rings. The first kappa shape index (κ1) is 27.9. The molecular formula is C28H32FN3O4S. The second-order valence-corrected chi connectivity index (χ2v) is 10.6. The van der Waals surface area contributed by atoms with Crippen LogP contribution in [0, 0.1) is 12.7 Å². The van der Waals surface area contributed by atoms with E-state index in [0.29, 0.717) is 6.54 Å². The van der Waals surface area contributed by atoms with Crippen LogP contribution in [0.3, 0.4) is 0 Å². The number of anilines is 1. The number of amides is 2. The Morgan fingerprint density at radius 1 is 0.946 bits per heavy atom. The van der Waals surface area contributed by atoms with Crippen LogP contribution in [0.4, 0.5) is 10.1 Å². The van der Waals surface area contributed by atoms with Gasteiger partial charge >= 0.3 is 0 Å². The topological polar surface area (TPSA) is 86.8 Å². The third-order valence-electron chi connectivity index (χ3n) is 5.91. The van der Waals surface area contributed by atoms with Gasteiger partial charge in [-0.1, -0.05) is 55.0 Å². The van der Waals surface area contributed by atoms with Gasteiger partial charge in [-0.2, -0.15) is 0 Å². The lowest BCUT2D eigenvalue weighted by atomic mass is 10.1. The zero-order chi connectivity index (χ0) is 27.0. The molecule has 0 aliphatic heterocycles. The van der Waals surface area contributed by atoms with Gasteiger partial charge in [-0.3, -0.25) is 13.9 Å². The summed E-state index contributed by atoms with van der Waals surface area (Å²) in [7, 11) is -4.23. The predicted molar refractivity (Wildman–Crippen MR) is 142 cm³/mol. The number of hydrogen-bond acceptors (Lipinski definition) is 4. The Kier molecular flexibility index (Phi) is 9.41. The number of aryl methyl sites for hydroxylation is 1. The third-order valence-corrected chi connectivity index (χ3v) is 7.70. The van der Waals surface area contributed by atoms with Crippen LogP contribution in [-0.2, 0) is 26.2 Å². The summed E-state index contributed by atoms with van der Waals surface area (Å²) < 4.78 is 41.8. The van der Waals surface area contributed by atoms with Gasteiger partial charge in [-0.15, -0.1) is 0 Å². The van der Waals surface area contributed by atoms with E-state index in [1.54, 1.807) is 31.2 Å². The number of carbonyl (C=O) groups is 2. The van der Waals surface area contributed by atoms with Gasteiger partial charge in [-0.05, 0) is 62.2 Å². The van der Waals surface area contributed by atoms with Crippen molar-refractivity contribution < 1.29 is 22.4 Å². The summed E-state index contributed by atoms with van der Waals surface area (Å²) in [6.45, 7) is 5.46. The fraction of sp³-hybridized carbons (Fsp3) is 0.286. The van der Waals surface area contributed by atoms with Crippen molar-refractivity contribution in [3.8, 4) is 0 Å². The molecule has 0 heterocycles. The first-order valence-corrected chi connectivity index (χ1v) is 13.5. The third kappa shape index (κ3) is 7.16. The van der Waals surface area contributed by atoms with E-state index in [2.05, 4.69) is 5.32 Å². The van der Waals surface area contributed by atoms with Gasteiger partial charge in [0.2, 0.25) is 11.8 Å². The molecule has 0 aliphatic rings. The smallest absolute Gasteiger partial charge is 0.264 e. The fourth-order valence-corrected chi connectivity index (χ4v) is 5.15. The van der Waals surface area contributed by atoms with Crippen LogP contribution >= 0.6 is 0 Å². The molecule has 37 heavy (non-hydrogen) atoms. The minimum atomic E-state index is -4.23. The summed E-state index contributed by atoms with van der Waals surface area (Å²) in [5, 5.41) is 2.81. The van der Waals surface area contributed by atoms with Crippen molar-refractivity contribution in [3.05, 3.63) is 95.8 Å². The lowest BCUT2D eigenvalue weighted by Crippen LogP contribution is -2.51. The SMILES string of the molecule is CCCNC(=O)[C@@H](C)N(Cc1ccccc1)C(=O)CN(c1ccc(C)cc1)S(=O)(=O)c1ccc(F)cc1. The fourth-order valence-electron chi connectivity index (χ4n) is 3.73. The molecule has 1 N–H and O–H groups in total. The summed E-state index contributed by atoms with van der Waals surface area (Å²) >= 11 is 0. The minimum Gasteiger partial charge on any atom is -0.354 e. The average molecular weight is 526 g/mol. The molecule has 0 unspecified atom stereocenters. The molecule has 0 aromatic heterocycles. The van der Waals surface area contributed by atoms with Crippen LogP contribution in [0.15, 0.2) is 83.8 Å². The lowest BCUT2D eigenvalue weighted by Gasteiger charge is -2.32. The minimum absolute atomic E-state index is 0.124. The highest BCUT2D eigenvalue weighted by Crippen LogP contribution is 2.25. The molecule has 0 saturated carbocycles. The van der Waals surface area contributed by atoms with Crippen molar-refractivity contribution in [3.63, 3.8) is 0 Å². The Morgan fingerprint density at radius 2 is 1.57 bits per heavy atom. The van der Waals surface area contributed by atoms with E-state index < -0.39 is 34.3 Å². The Morgan fingerprint density at radius 3 is 2.16 bits per heavy atom. The van der Waals surface area contributed by atoms with E-state index in [4.69, 9.17) is 0 Å². The first-order chi connectivity index (χ1) is 17.6. The highest BCUT2D eigenvalue weighted by Gasteiger charge is 2.32. The van der Waals surface area contributed by atoms with Crippen LogP contribution in [0.2, 0.25) is 0 Å². The number of rotatable bonds is 11. The Hall–Kier alpha value is -3.72. The molecule has 2 amide bonds. The zero-order valence-corrected chi connectivity index (χ0v) is 22.0. The van der Waals surface area contributed by atoms with Crippen LogP contribution in [0.1, 0.15) is 31.4 Å². The molecule has 9 heteroatoms. The molecule has 0 aliphatic carbocycles. The Bertz CT molecular complexity index is 1300. The highest BCUT2D eigenvalue weighted by atomic mass is 32.2. The van der Waals surface area contributed by atoms with Gasteiger partial charge in [0, 0.05) is 13.1 Å². The quantitative estimate of drug-likeness (QED) is 0.405. The standard InChI is InChI=1S/C28H32FN3O4S/c1-4-18-30-28(34)22(3)31(19-23-8-6-5-7-9-23)27(33)20-32(25-14-10-21(2)11-15-25)37(35,36)26-16-12-24(29)13-17-26/h5-17,22H,4,18-20H2,1-3H3,(H,30,34)/t22-/m1/s1. The second-order valence-electron chi connectivity index (χ2n) is 8.78. The van der Waals surface area contributed by atoms with Crippen LogP contribution in [0.5, 0.6) is 0 Å². The van der Waals surface area contributed by atoms with Gasteiger partial charge < -0.3 is 10.2 Å². The number of sulfonamides is 1. The molecule has 3 rings (SSSR count). The van der Waals surface area contributed by atoms with Crippen LogP contribution in [-0.4, -0.2) is 44.3 Å². The number of halogens is 1. The molecule has 0 spiro atoms. The van der Waals surface area contributed by atoms with Crippen molar-refractivity contribution in [2.24, 2.45) is 0 Å². The molecule has 0 radical (unpaired) electrons. The van der Waals surface area contributed by atoms with E-state index in [0.717, 1.165) is 34.0 Å². The Labute approximate surface area is 218 Å². The Balaban J connectivity index is 1.99. The molecule has 0 saturated heterocycles. The van der Waals surface area contributed by atoms with E-state index >= 15 is 0 Å². The summed E-state index contributed by atoms with van der Waals surface area (Å²) in [4.78, 5) is 27.8. The summed E-state index contributed by atoms with van der Waals surface area (Å²) in [6.07, 6.45) is 0.738. The summed E-state index contributed by atoms with van der Waals surface area (Å²) in [5.74, 6) is -1.44. The number of hydrogen-bond donors (Lipinski definition) is 1. The van der Waals surface area contributed by atoms with E-state index in [1.165, 1.54) is 17.0 Å². The normalized spacial score (nSPS) is 12.0. The zero-order valence-electron chi connectivity index (χ0n) is 21.2. The summed E-state index contributed by atoms with van der Waals surface area (Å²) in [6, 6.07) is 19.5. The number of nitrogens with one attached hydrogen (secondary N) is 1. The van der Waals surface area contributed by atoms with Crippen molar-refractivity contribution in [2.45, 2.75) is 44.7 Å². The monoisotopic (exact) mass is 525 g/mol. The maximum atomic E-state index is 13.7. The molecule has 196 valence electrons. The van der Waals surface area contributed by atoms with Crippen LogP contribution < -0.4 is 9.62 Å². The van der Waals surface area contributed by atoms with Crippen molar-refractivity contribution in [1.82, 2.24) is 10.2 Å². The maximum absolute atomic E-state index is 13.7. The first-order valence-electron chi connectivity index (χ1n) is 12.1. The van der Waals surface area contributed by atoms with Gasteiger partial charge in [0.15, 0.2) is 0 Å². The number of benzene rings is 3. The van der Waals surface area contributed by atoms with E-state index in [1.807, 2.05) is 44.2 Å². The number of nitrogens with zero attached hydrogens (tertiary/aromatic N) is 2. The van der Waals surface area contributed by atoms with Crippen molar-refractivity contribution >= 4 is 27.5 Å². The van der Waals surface area contributed by atoms with E-state index in [-0.39, 0.29) is 23.0 Å². The van der Waals surface area contributed by atoms with Gasteiger partial charge in [0.25, 0.3) is 10.0 Å². The van der Waals surface area contributed by atoms with Crippen molar-refractivity contribution in [2.75, 3.05) is 17.4 Å². The lowest BCUT2D eigenvalue weighted by molar-refractivity contribution is -0.139. The highest BCUT2D eigenvalue weighted by molar-refractivity contribution is 7.92. The van der Waals surface area contributed by atoms with Crippen LogP contribution in [0.25, 0.3) is 0 Å². The number of carbonyl (C=O) groups excluding carboxylic acids is 2. The van der Waals surface area contributed by atoms with Crippen molar-refractivity contribution in [1.29, 1.82) is 0 Å². The van der Waals surface area contributed by atoms with Gasteiger partial charge in [-0.25, -0.2) is 12.8 Å². The molecule has 0 fully saturated rings. The average Bonchev–Trinajstić information content (AvgIpc) is 2.89. The van der Waals surface area contributed by atoms with E-state index in [9.17, 15) is 22.4 Å². The summed E-state index contributed by atoms with van der Waals surface area (Å²) in [5.41, 5.74) is 2.00. The molecule has 0 bridgehead atoms. The van der Waals surface area contributed by atoms with Gasteiger partial charge in [0.1, 0.15) is 18.4 Å². The molecular weight excluding hydrogens is 493 g/mol. The van der Waals surface area contributed by atoms with Gasteiger partial charge in [0.05, 0.1) is 10.6 Å². The second kappa shape index (κ2) is 12.5.